The van der Waals surface area contributed by atoms with Gasteiger partial charge in [-0.2, -0.15) is 0 Å². The lowest BCUT2D eigenvalue weighted by Crippen LogP contribution is -2.58. The average Bonchev–Trinajstić information content (AvgIpc) is 2.37. The van der Waals surface area contributed by atoms with Gasteiger partial charge in [0, 0.05) is 28.5 Å². The monoisotopic (exact) mass is 305 g/mol. The molecular formula is C17H17Cl2N. The van der Waals surface area contributed by atoms with E-state index in [2.05, 4.69) is 36.5 Å². The van der Waals surface area contributed by atoms with E-state index in [-0.39, 0.29) is 5.41 Å². The molecule has 0 spiro atoms. The molecule has 0 atom stereocenters. The molecule has 0 radical (unpaired) electrons. The maximum absolute atomic E-state index is 6.34. The molecule has 0 saturated carbocycles. The van der Waals surface area contributed by atoms with Crippen molar-refractivity contribution in [1.29, 1.82) is 0 Å². The van der Waals surface area contributed by atoms with Crippen LogP contribution in [0.25, 0.3) is 0 Å². The van der Waals surface area contributed by atoms with E-state index < -0.39 is 0 Å². The summed E-state index contributed by atoms with van der Waals surface area (Å²) in [6.45, 7) is 4.17. The van der Waals surface area contributed by atoms with Crippen molar-refractivity contribution < 1.29 is 0 Å². The molecule has 2 aromatic carbocycles. The van der Waals surface area contributed by atoms with Gasteiger partial charge in [-0.1, -0.05) is 53.5 Å². The second-order valence-corrected chi connectivity index (χ2v) is 6.45. The minimum absolute atomic E-state index is 0.156. The van der Waals surface area contributed by atoms with E-state index in [0.29, 0.717) is 5.02 Å². The van der Waals surface area contributed by atoms with Gasteiger partial charge < -0.3 is 5.32 Å². The van der Waals surface area contributed by atoms with E-state index in [1.807, 2.05) is 18.2 Å². The van der Waals surface area contributed by atoms with Crippen LogP contribution in [0.2, 0.25) is 10.0 Å². The molecule has 1 aliphatic rings. The number of benzene rings is 2. The van der Waals surface area contributed by atoms with E-state index >= 15 is 0 Å². The summed E-state index contributed by atoms with van der Waals surface area (Å²) in [6, 6.07) is 14.4. The number of aryl methyl sites for hydroxylation is 1. The van der Waals surface area contributed by atoms with Crippen LogP contribution in [0.3, 0.4) is 0 Å². The molecule has 1 saturated heterocycles. The molecule has 0 aromatic heterocycles. The maximum Gasteiger partial charge on any atom is 0.0453 e. The zero-order valence-electron chi connectivity index (χ0n) is 11.4. The molecule has 0 bridgehead atoms. The van der Waals surface area contributed by atoms with Crippen molar-refractivity contribution >= 4 is 23.2 Å². The Hall–Kier alpha value is -1.02. The Morgan fingerprint density at radius 1 is 1.10 bits per heavy atom. The summed E-state index contributed by atoms with van der Waals surface area (Å²) >= 11 is 12.3. The highest BCUT2D eigenvalue weighted by molar-refractivity contribution is 6.35. The zero-order valence-corrected chi connectivity index (χ0v) is 12.9. The lowest BCUT2D eigenvalue weighted by Gasteiger charge is -2.44. The van der Waals surface area contributed by atoms with Gasteiger partial charge >= 0.3 is 0 Å². The Labute approximate surface area is 129 Å². The molecule has 1 fully saturated rings. The first-order valence-electron chi connectivity index (χ1n) is 6.81. The highest BCUT2D eigenvalue weighted by atomic mass is 35.5. The summed E-state index contributed by atoms with van der Waals surface area (Å²) in [5, 5.41) is 4.86. The van der Waals surface area contributed by atoms with E-state index in [1.54, 1.807) is 0 Å². The van der Waals surface area contributed by atoms with Gasteiger partial charge in [0.05, 0.1) is 0 Å². The molecule has 1 nitrogen and oxygen atoms in total. The molecule has 3 rings (SSSR count). The van der Waals surface area contributed by atoms with Crippen molar-refractivity contribution in [2.24, 2.45) is 0 Å². The van der Waals surface area contributed by atoms with E-state index in [1.165, 1.54) is 16.7 Å². The molecule has 1 aliphatic heterocycles. The predicted molar refractivity (Wildman–Crippen MR) is 85.9 cm³/mol. The third kappa shape index (κ3) is 2.46. The molecule has 1 N–H and O–H groups in total. The molecule has 2 aromatic rings. The smallest absolute Gasteiger partial charge is 0.0453 e. The molecule has 0 aliphatic carbocycles. The summed E-state index contributed by atoms with van der Waals surface area (Å²) in [4.78, 5) is 0. The van der Waals surface area contributed by atoms with Crippen LogP contribution < -0.4 is 5.32 Å². The number of hydrogen-bond acceptors (Lipinski definition) is 1. The van der Waals surface area contributed by atoms with Crippen LogP contribution in [-0.4, -0.2) is 13.1 Å². The summed E-state index contributed by atoms with van der Waals surface area (Å²) in [5.41, 5.74) is 4.09. The van der Waals surface area contributed by atoms with Gasteiger partial charge in [0.25, 0.3) is 0 Å². The Morgan fingerprint density at radius 3 is 2.45 bits per heavy atom. The lowest BCUT2D eigenvalue weighted by atomic mass is 9.69. The van der Waals surface area contributed by atoms with Gasteiger partial charge in [0.1, 0.15) is 0 Å². The highest BCUT2D eigenvalue weighted by Gasteiger charge is 2.39. The molecule has 104 valence electrons. The van der Waals surface area contributed by atoms with Crippen LogP contribution in [0.15, 0.2) is 42.5 Å². The molecular weight excluding hydrogens is 289 g/mol. The van der Waals surface area contributed by atoms with Crippen molar-refractivity contribution in [2.45, 2.75) is 18.8 Å². The van der Waals surface area contributed by atoms with Crippen LogP contribution >= 0.6 is 23.2 Å². The fourth-order valence-electron chi connectivity index (χ4n) is 3.03. The summed E-state index contributed by atoms with van der Waals surface area (Å²) in [5.74, 6) is 0. The topological polar surface area (TPSA) is 12.0 Å². The molecule has 0 unspecified atom stereocenters. The van der Waals surface area contributed by atoms with Crippen LogP contribution in [-0.2, 0) is 11.8 Å². The Kier molecular flexibility index (Phi) is 3.76. The first-order chi connectivity index (χ1) is 9.61. The summed E-state index contributed by atoms with van der Waals surface area (Å²) in [6.07, 6.45) is 0.945. The molecule has 3 heteroatoms. The number of hydrogen-bond donors (Lipinski definition) is 1. The second-order valence-electron chi connectivity index (χ2n) is 5.61. The summed E-state index contributed by atoms with van der Waals surface area (Å²) < 4.78 is 0. The zero-order chi connectivity index (χ0) is 14.2. The third-order valence-corrected chi connectivity index (χ3v) is 4.77. The van der Waals surface area contributed by atoms with Gasteiger partial charge in [-0.3, -0.25) is 0 Å². The average molecular weight is 306 g/mol. The molecule has 0 amide bonds. The Balaban J connectivity index is 1.96. The molecule has 1 heterocycles. The highest BCUT2D eigenvalue weighted by Crippen LogP contribution is 2.36. The van der Waals surface area contributed by atoms with Crippen LogP contribution in [0.5, 0.6) is 0 Å². The van der Waals surface area contributed by atoms with Crippen molar-refractivity contribution in [3.05, 3.63) is 69.2 Å². The van der Waals surface area contributed by atoms with Gasteiger partial charge in [0.2, 0.25) is 0 Å². The van der Waals surface area contributed by atoms with Gasteiger partial charge in [-0.05, 0) is 42.2 Å². The number of halogens is 2. The number of nitrogens with one attached hydrogen (secondary N) is 1. The minimum atomic E-state index is 0.156. The van der Waals surface area contributed by atoms with Crippen LogP contribution in [0.1, 0.15) is 16.7 Å². The standard InChI is InChI=1S/C17H17Cl2N/c1-12-4-2-3-5-15(12)17(10-20-11-17)9-13-6-7-14(18)8-16(13)19/h2-8,20H,9-11H2,1H3. The quantitative estimate of drug-likeness (QED) is 0.887. The summed E-state index contributed by atoms with van der Waals surface area (Å²) in [7, 11) is 0. The van der Waals surface area contributed by atoms with E-state index in [0.717, 1.165) is 24.5 Å². The Bertz CT molecular complexity index is 633. The minimum Gasteiger partial charge on any atom is -0.315 e. The fraction of sp³-hybridized carbons (Fsp3) is 0.294. The second kappa shape index (κ2) is 5.40. The number of rotatable bonds is 3. The van der Waals surface area contributed by atoms with Gasteiger partial charge in [-0.15, -0.1) is 0 Å². The van der Waals surface area contributed by atoms with Crippen LogP contribution in [0.4, 0.5) is 0 Å². The SMILES string of the molecule is Cc1ccccc1C1(Cc2ccc(Cl)cc2Cl)CNC1. The van der Waals surface area contributed by atoms with Gasteiger partial charge in [-0.25, -0.2) is 0 Å². The van der Waals surface area contributed by atoms with E-state index in [4.69, 9.17) is 23.2 Å². The first-order valence-corrected chi connectivity index (χ1v) is 7.57. The van der Waals surface area contributed by atoms with Crippen molar-refractivity contribution in [2.75, 3.05) is 13.1 Å². The van der Waals surface area contributed by atoms with Crippen LogP contribution in [0, 0.1) is 6.92 Å². The largest absolute Gasteiger partial charge is 0.315 e. The van der Waals surface area contributed by atoms with Crippen molar-refractivity contribution in [3.63, 3.8) is 0 Å². The van der Waals surface area contributed by atoms with Crippen molar-refractivity contribution in [3.8, 4) is 0 Å². The molecule has 20 heavy (non-hydrogen) atoms. The third-order valence-electron chi connectivity index (χ3n) is 4.19. The van der Waals surface area contributed by atoms with Gasteiger partial charge in [0.15, 0.2) is 0 Å². The van der Waals surface area contributed by atoms with E-state index in [9.17, 15) is 0 Å². The predicted octanol–water partition coefficient (Wildman–Crippen LogP) is 4.39. The lowest BCUT2D eigenvalue weighted by molar-refractivity contribution is 0.273. The normalized spacial score (nSPS) is 16.8. The fourth-order valence-corrected chi connectivity index (χ4v) is 3.51. The van der Waals surface area contributed by atoms with Crippen molar-refractivity contribution in [1.82, 2.24) is 5.32 Å². The first kappa shape index (κ1) is 13.9. The Morgan fingerprint density at radius 2 is 1.85 bits per heavy atom. The maximum atomic E-state index is 6.34.